The molecule has 142 valence electrons. The van der Waals surface area contributed by atoms with Crippen molar-refractivity contribution in [1.82, 2.24) is 20.1 Å². The van der Waals surface area contributed by atoms with E-state index in [4.69, 9.17) is 16.7 Å². The highest BCUT2D eigenvalue weighted by molar-refractivity contribution is 6.35. The zero-order chi connectivity index (χ0) is 18.9. The molecule has 5 rings (SSSR count). The first-order valence-electron chi connectivity index (χ1n) is 10.0. The molecular weight excluding hydrogens is 368 g/mol. The fourth-order valence-corrected chi connectivity index (χ4v) is 4.57. The molecule has 1 fully saturated rings. The number of pyridine rings is 1. The van der Waals surface area contributed by atoms with Crippen molar-refractivity contribution >= 4 is 33.4 Å². The highest BCUT2D eigenvalue weighted by Gasteiger charge is 2.21. The summed E-state index contributed by atoms with van der Waals surface area (Å²) in [6.45, 7) is 2.25. The topological polar surface area (TPSA) is 42.7 Å². The molecule has 0 spiro atoms. The van der Waals surface area contributed by atoms with Gasteiger partial charge in [-0.3, -0.25) is 0 Å². The molecule has 2 aromatic heterocycles. The van der Waals surface area contributed by atoms with Gasteiger partial charge in [0, 0.05) is 10.8 Å². The number of piperidine rings is 1. The number of hydrogen-bond donors (Lipinski definition) is 1. The number of nitrogens with zero attached hydrogens (tertiary/aromatic N) is 3. The standard InChI is InChI=1S/C23H23ClN4/c24-23-22-21(18-8-4-5-9-19(18)26-23)20(11-10-16-12-14-25-15-13-16)28(27-22)17-6-2-1-3-7-17/h1-9,16,25H,10-15H2. The molecule has 1 aliphatic heterocycles. The highest BCUT2D eigenvalue weighted by Crippen LogP contribution is 2.34. The molecule has 0 atom stereocenters. The second kappa shape index (κ2) is 7.53. The Hall–Kier alpha value is -2.43. The van der Waals surface area contributed by atoms with Crippen LogP contribution in [0.25, 0.3) is 27.5 Å². The average molecular weight is 391 g/mol. The van der Waals surface area contributed by atoms with Gasteiger partial charge >= 0.3 is 0 Å². The lowest BCUT2D eigenvalue weighted by molar-refractivity contribution is 0.353. The van der Waals surface area contributed by atoms with E-state index in [0.29, 0.717) is 5.15 Å². The summed E-state index contributed by atoms with van der Waals surface area (Å²) in [4.78, 5) is 4.58. The highest BCUT2D eigenvalue weighted by atomic mass is 35.5. The second-order valence-electron chi connectivity index (χ2n) is 7.57. The minimum Gasteiger partial charge on any atom is -0.317 e. The van der Waals surface area contributed by atoms with Gasteiger partial charge in [-0.2, -0.15) is 5.10 Å². The lowest BCUT2D eigenvalue weighted by Gasteiger charge is -2.22. The summed E-state index contributed by atoms with van der Waals surface area (Å²) in [5, 5.41) is 11.1. The predicted octanol–water partition coefficient (Wildman–Crippen LogP) is 5.16. The monoisotopic (exact) mass is 390 g/mol. The number of halogens is 1. The molecule has 4 nitrogen and oxygen atoms in total. The summed E-state index contributed by atoms with van der Waals surface area (Å²) in [7, 11) is 0. The van der Waals surface area contributed by atoms with Crippen molar-refractivity contribution in [2.24, 2.45) is 5.92 Å². The molecule has 0 aliphatic carbocycles. The van der Waals surface area contributed by atoms with Gasteiger partial charge in [0.25, 0.3) is 0 Å². The minimum atomic E-state index is 0.478. The van der Waals surface area contributed by atoms with Crippen LogP contribution in [0.15, 0.2) is 54.6 Å². The van der Waals surface area contributed by atoms with Crippen molar-refractivity contribution < 1.29 is 0 Å². The predicted molar refractivity (Wildman–Crippen MR) is 115 cm³/mol. The third-order valence-corrected chi connectivity index (χ3v) is 6.08. The lowest BCUT2D eigenvalue weighted by Crippen LogP contribution is -2.28. The number of benzene rings is 2. The van der Waals surface area contributed by atoms with Gasteiger partial charge in [-0.25, -0.2) is 9.67 Å². The van der Waals surface area contributed by atoms with Crippen LogP contribution in [0, 0.1) is 5.92 Å². The summed E-state index contributed by atoms with van der Waals surface area (Å²) < 4.78 is 2.08. The fraction of sp³-hybridized carbons (Fsp3) is 0.304. The molecule has 0 unspecified atom stereocenters. The molecule has 0 saturated carbocycles. The van der Waals surface area contributed by atoms with Gasteiger partial charge in [0.2, 0.25) is 0 Å². The Morgan fingerprint density at radius 3 is 2.57 bits per heavy atom. The summed E-state index contributed by atoms with van der Waals surface area (Å²) in [6, 6.07) is 18.6. The van der Waals surface area contributed by atoms with E-state index < -0.39 is 0 Å². The first-order valence-corrected chi connectivity index (χ1v) is 10.4. The summed E-state index contributed by atoms with van der Waals surface area (Å²) in [5.74, 6) is 0.763. The minimum absolute atomic E-state index is 0.478. The van der Waals surface area contributed by atoms with Crippen molar-refractivity contribution in [3.8, 4) is 5.69 Å². The zero-order valence-corrected chi connectivity index (χ0v) is 16.5. The molecule has 3 heterocycles. The SMILES string of the molecule is Clc1nc2ccccc2c2c(CCC3CCNCC3)n(-c3ccccc3)nc12. The van der Waals surface area contributed by atoms with Crippen LogP contribution in [-0.2, 0) is 6.42 Å². The van der Waals surface area contributed by atoms with Crippen LogP contribution in [-0.4, -0.2) is 27.9 Å². The number of aryl methyl sites for hydroxylation is 1. The summed E-state index contributed by atoms with van der Waals surface area (Å²) in [5.41, 5.74) is 4.03. The maximum absolute atomic E-state index is 6.56. The molecule has 4 aromatic rings. The Morgan fingerprint density at radius 2 is 1.75 bits per heavy atom. The van der Waals surface area contributed by atoms with E-state index in [2.05, 4.69) is 51.4 Å². The van der Waals surface area contributed by atoms with Crippen LogP contribution in [0.3, 0.4) is 0 Å². The first kappa shape index (κ1) is 17.7. The van der Waals surface area contributed by atoms with Crippen LogP contribution >= 0.6 is 11.6 Å². The zero-order valence-electron chi connectivity index (χ0n) is 15.7. The molecule has 1 saturated heterocycles. The number of aromatic nitrogens is 3. The quantitative estimate of drug-likeness (QED) is 0.489. The molecule has 1 aliphatic rings. The Labute approximate surface area is 169 Å². The first-order chi connectivity index (χ1) is 13.8. The smallest absolute Gasteiger partial charge is 0.157 e. The van der Waals surface area contributed by atoms with E-state index in [0.717, 1.165) is 52.9 Å². The molecular formula is C23H23ClN4. The van der Waals surface area contributed by atoms with Crippen molar-refractivity contribution in [2.75, 3.05) is 13.1 Å². The Bertz CT molecular complexity index is 1110. The van der Waals surface area contributed by atoms with Crippen molar-refractivity contribution in [3.63, 3.8) is 0 Å². The van der Waals surface area contributed by atoms with Gasteiger partial charge in [0.05, 0.1) is 16.9 Å². The summed E-state index contributed by atoms with van der Waals surface area (Å²) >= 11 is 6.56. The van der Waals surface area contributed by atoms with Crippen LogP contribution in [0.1, 0.15) is 25.0 Å². The number of para-hydroxylation sites is 2. The van der Waals surface area contributed by atoms with Gasteiger partial charge in [0.15, 0.2) is 5.15 Å². The molecule has 5 heteroatoms. The van der Waals surface area contributed by atoms with Gasteiger partial charge in [-0.15, -0.1) is 0 Å². The van der Waals surface area contributed by atoms with Crippen LogP contribution in [0.5, 0.6) is 0 Å². The Morgan fingerprint density at radius 1 is 1.00 bits per heavy atom. The molecule has 2 aromatic carbocycles. The van der Waals surface area contributed by atoms with Gasteiger partial charge in [0.1, 0.15) is 5.52 Å². The van der Waals surface area contributed by atoms with Crippen molar-refractivity contribution in [1.29, 1.82) is 0 Å². The van der Waals surface area contributed by atoms with Crippen LogP contribution in [0.2, 0.25) is 5.15 Å². The second-order valence-corrected chi connectivity index (χ2v) is 7.93. The molecule has 28 heavy (non-hydrogen) atoms. The van der Waals surface area contributed by atoms with E-state index in [1.807, 2.05) is 18.2 Å². The van der Waals surface area contributed by atoms with Gasteiger partial charge in [-0.1, -0.05) is 48.0 Å². The van der Waals surface area contributed by atoms with E-state index >= 15 is 0 Å². The van der Waals surface area contributed by atoms with E-state index in [1.54, 1.807) is 0 Å². The Kier molecular flexibility index (Phi) is 4.75. The number of nitrogens with one attached hydrogen (secondary N) is 1. The molecule has 0 amide bonds. The average Bonchev–Trinajstić information content (AvgIpc) is 3.14. The normalized spacial score (nSPS) is 15.5. The van der Waals surface area contributed by atoms with Crippen molar-refractivity contribution in [2.45, 2.75) is 25.7 Å². The molecule has 1 N–H and O–H groups in total. The third kappa shape index (κ3) is 3.17. The van der Waals surface area contributed by atoms with E-state index in [-0.39, 0.29) is 0 Å². The number of hydrogen-bond acceptors (Lipinski definition) is 3. The third-order valence-electron chi connectivity index (χ3n) is 5.82. The maximum atomic E-state index is 6.56. The molecule has 0 radical (unpaired) electrons. The van der Waals surface area contributed by atoms with Crippen LogP contribution in [0.4, 0.5) is 0 Å². The lowest BCUT2D eigenvalue weighted by atomic mass is 9.92. The Balaban J connectivity index is 1.69. The largest absolute Gasteiger partial charge is 0.317 e. The summed E-state index contributed by atoms with van der Waals surface area (Å²) in [6.07, 6.45) is 4.66. The maximum Gasteiger partial charge on any atom is 0.157 e. The van der Waals surface area contributed by atoms with Gasteiger partial charge in [-0.05, 0) is 62.9 Å². The van der Waals surface area contributed by atoms with Gasteiger partial charge < -0.3 is 5.32 Å². The number of rotatable bonds is 4. The fourth-order valence-electron chi connectivity index (χ4n) is 4.35. The van der Waals surface area contributed by atoms with E-state index in [1.165, 1.54) is 25.0 Å². The number of fused-ring (bicyclic) bond motifs is 3. The van der Waals surface area contributed by atoms with E-state index in [9.17, 15) is 0 Å². The molecule has 0 bridgehead atoms. The van der Waals surface area contributed by atoms with Crippen molar-refractivity contribution in [3.05, 3.63) is 65.4 Å². The van der Waals surface area contributed by atoms with Crippen LogP contribution < -0.4 is 5.32 Å².